The fraction of sp³-hybridized carbons (Fsp3) is 0.143. The van der Waals surface area contributed by atoms with Gasteiger partial charge in [-0.15, -0.1) is 5.10 Å². The van der Waals surface area contributed by atoms with Crippen LogP contribution in [0.3, 0.4) is 0 Å². The van der Waals surface area contributed by atoms with Gasteiger partial charge < -0.3 is 5.32 Å². The summed E-state index contributed by atoms with van der Waals surface area (Å²) in [4.78, 5) is 12.0. The molecule has 0 aliphatic heterocycles. The molecule has 108 valence electrons. The molecule has 3 rings (SSSR count). The lowest BCUT2D eigenvalue weighted by Gasteiger charge is -2.06. The molecular formula is C14H12F2N4O. The molecule has 1 aromatic carbocycles. The molecule has 1 N–H and O–H groups in total. The normalized spacial score (nSPS) is 11.0. The summed E-state index contributed by atoms with van der Waals surface area (Å²) in [5.41, 5.74) is 0.626. The lowest BCUT2D eigenvalue weighted by Crippen LogP contribution is -2.24. The molecule has 0 spiro atoms. The molecule has 3 aromatic rings. The fourth-order valence-corrected chi connectivity index (χ4v) is 2.08. The lowest BCUT2D eigenvalue weighted by atomic mass is 10.3. The zero-order valence-corrected chi connectivity index (χ0v) is 11.0. The molecule has 7 heteroatoms. The van der Waals surface area contributed by atoms with Crippen LogP contribution in [0.4, 0.5) is 14.5 Å². The van der Waals surface area contributed by atoms with Crippen LogP contribution in [-0.2, 0) is 6.54 Å². The number of hydrogen-bond donors (Lipinski definition) is 1. The molecule has 2 heterocycles. The molecule has 21 heavy (non-hydrogen) atoms. The van der Waals surface area contributed by atoms with E-state index < -0.39 is 11.6 Å². The average Bonchev–Trinajstić information content (AvgIpc) is 2.75. The maximum atomic E-state index is 13.0. The molecule has 0 saturated heterocycles. The van der Waals surface area contributed by atoms with Crippen LogP contribution in [0.2, 0.25) is 0 Å². The van der Waals surface area contributed by atoms with Crippen molar-refractivity contribution in [3.8, 4) is 0 Å². The summed E-state index contributed by atoms with van der Waals surface area (Å²) in [6.07, 6.45) is 1.64. The van der Waals surface area contributed by atoms with Crippen LogP contribution < -0.4 is 11.0 Å². The zero-order valence-electron chi connectivity index (χ0n) is 11.0. The van der Waals surface area contributed by atoms with Gasteiger partial charge in [-0.3, -0.25) is 4.40 Å². The van der Waals surface area contributed by atoms with Gasteiger partial charge in [-0.05, 0) is 24.3 Å². The second kappa shape index (κ2) is 5.35. The number of aromatic nitrogens is 3. The molecular weight excluding hydrogens is 278 g/mol. The average molecular weight is 290 g/mol. The number of rotatable bonds is 4. The number of benzene rings is 1. The topological polar surface area (TPSA) is 51.3 Å². The first kappa shape index (κ1) is 13.3. The Morgan fingerprint density at radius 1 is 1.14 bits per heavy atom. The maximum Gasteiger partial charge on any atom is 0.350 e. The van der Waals surface area contributed by atoms with Gasteiger partial charge in [0.05, 0.1) is 6.54 Å². The van der Waals surface area contributed by atoms with Crippen molar-refractivity contribution in [3.63, 3.8) is 0 Å². The van der Waals surface area contributed by atoms with Gasteiger partial charge in [-0.25, -0.2) is 18.3 Å². The van der Waals surface area contributed by atoms with Gasteiger partial charge in [-0.2, -0.15) is 0 Å². The Kier molecular flexibility index (Phi) is 3.39. The van der Waals surface area contributed by atoms with Crippen molar-refractivity contribution >= 4 is 11.3 Å². The van der Waals surface area contributed by atoms with E-state index >= 15 is 0 Å². The van der Waals surface area contributed by atoms with Gasteiger partial charge in [0.1, 0.15) is 11.6 Å². The van der Waals surface area contributed by atoms with Gasteiger partial charge in [-0.1, -0.05) is 6.07 Å². The minimum atomic E-state index is -0.651. The zero-order chi connectivity index (χ0) is 14.8. The van der Waals surface area contributed by atoms with E-state index in [0.717, 1.165) is 6.07 Å². The van der Waals surface area contributed by atoms with E-state index in [1.165, 1.54) is 21.2 Å². The molecule has 0 bridgehead atoms. The van der Waals surface area contributed by atoms with E-state index in [1.54, 1.807) is 24.4 Å². The van der Waals surface area contributed by atoms with E-state index in [0.29, 0.717) is 24.4 Å². The molecule has 5 nitrogen and oxygen atoms in total. The summed E-state index contributed by atoms with van der Waals surface area (Å²) >= 11 is 0. The van der Waals surface area contributed by atoms with Crippen molar-refractivity contribution in [2.45, 2.75) is 6.54 Å². The summed E-state index contributed by atoms with van der Waals surface area (Å²) in [6.45, 7) is 0.616. The molecule has 0 radical (unpaired) electrons. The Balaban J connectivity index is 1.72. The van der Waals surface area contributed by atoms with Crippen molar-refractivity contribution in [1.82, 2.24) is 14.2 Å². The monoisotopic (exact) mass is 290 g/mol. The number of nitrogens with zero attached hydrogens (tertiary/aromatic N) is 3. The fourth-order valence-electron chi connectivity index (χ4n) is 2.08. The summed E-state index contributed by atoms with van der Waals surface area (Å²) in [7, 11) is 0. The molecule has 0 atom stereocenters. The summed E-state index contributed by atoms with van der Waals surface area (Å²) in [5, 5.41) is 7.01. The number of pyridine rings is 1. The first-order valence-corrected chi connectivity index (χ1v) is 6.38. The maximum absolute atomic E-state index is 13.0. The largest absolute Gasteiger partial charge is 0.383 e. The third-order valence-corrected chi connectivity index (χ3v) is 3.00. The number of nitrogens with one attached hydrogen (secondary N) is 1. The van der Waals surface area contributed by atoms with Crippen LogP contribution in [0.15, 0.2) is 47.4 Å². The smallest absolute Gasteiger partial charge is 0.350 e. The van der Waals surface area contributed by atoms with Crippen LogP contribution in [0.25, 0.3) is 5.65 Å². The van der Waals surface area contributed by atoms with E-state index in [1.807, 2.05) is 0 Å². The predicted octanol–water partition coefficient (Wildman–Crippen LogP) is 1.89. The second-order valence-electron chi connectivity index (χ2n) is 4.52. The number of anilines is 1. The van der Waals surface area contributed by atoms with Crippen LogP contribution in [0, 0.1) is 11.6 Å². The highest BCUT2D eigenvalue weighted by Crippen LogP contribution is 2.12. The van der Waals surface area contributed by atoms with Gasteiger partial charge in [0.2, 0.25) is 0 Å². The number of halogens is 2. The standard InChI is InChI=1S/C14H12F2N4O/c15-10-7-11(16)9-12(8-10)17-4-6-20-14(21)19-5-2-1-3-13(19)18-20/h1-3,5,7-9,17H,4,6H2. The molecule has 0 fully saturated rings. The summed E-state index contributed by atoms with van der Waals surface area (Å²) in [5.74, 6) is -1.30. The SMILES string of the molecule is O=c1n(CCNc2cc(F)cc(F)c2)nc2ccccn12. The highest BCUT2D eigenvalue weighted by molar-refractivity contribution is 5.43. The van der Waals surface area contributed by atoms with E-state index in [-0.39, 0.29) is 5.69 Å². The predicted molar refractivity (Wildman–Crippen MR) is 74.3 cm³/mol. The van der Waals surface area contributed by atoms with Crippen LogP contribution in [0.5, 0.6) is 0 Å². The quantitative estimate of drug-likeness (QED) is 0.798. The Labute approximate surface area is 118 Å². The highest BCUT2D eigenvalue weighted by Gasteiger charge is 2.05. The van der Waals surface area contributed by atoms with Crippen molar-refractivity contribution in [2.24, 2.45) is 0 Å². The minimum absolute atomic E-state index is 0.252. The molecule has 2 aromatic heterocycles. The lowest BCUT2D eigenvalue weighted by molar-refractivity contribution is 0.582. The van der Waals surface area contributed by atoms with E-state index in [9.17, 15) is 13.6 Å². The molecule has 0 saturated carbocycles. The number of hydrogen-bond acceptors (Lipinski definition) is 3. The van der Waals surface area contributed by atoms with Crippen LogP contribution in [0.1, 0.15) is 0 Å². The second-order valence-corrected chi connectivity index (χ2v) is 4.52. The Bertz CT molecular complexity index is 820. The minimum Gasteiger partial charge on any atom is -0.383 e. The van der Waals surface area contributed by atoms with Gasteiger partial charge in [0.25, 0.3) is 0 Å². The van der Waals surface area contributed by atoms with E-state index in [4.69, 9.17) is 0 Å². The Hall–Kier alpha value is -2.70. The third-order valence-electron chi connectivity index (χ3n) is 3.00. The first-order valence-electron chi connectivity index (χ1n) is 6.38. The Morgan fingerprint density at radius 2 is 1.90 bits per heavy atom. The number of fused-ring (bicyclic) bond motifs is 1. The van der Waals surface area contributed by atoms with Crippen LogP contribution >= 0.6 is 0 Å². The van der Waals surface area contributed by atoms with Crippen molar-refractivity contribution in [1.29, 1.82) is 0 Å². The van der Waals surface area contributed by atoms with Gasteiger partial charge >= 0.3 is 5.69 Å². The third kappa shape index (κ3) is 2.76. The van der Waals surface area contributed by atoms with Gasteiger partial charge in [0, 0.05) is 24.5 Å². The molecule has 0 unspecified atom stereocenters. The van der Waals surface area contributed by atoms with Crippen molar-refractivity contribution in [3.05, 3.63) is 64.7 Å². The summed E-state index contributed by atoms with van der Waals surface area (Å²) < 4.78 is 28.8. The van der Waals surface area contributed by atoms with Gasteiger partial charge in [0.15, 0.2) is 5.65 Å². The molecule has 0 aliphatic rings. The highest BCUT2D eigenvalue weighted by atomic mass is 19.1. The Morgan fingerprint density at radius 3 is 2.62 bits per heavy atom. The molecule has 0 aliphatic carbocycles. The van der Waals surface area contributed by atoms with E-state index in [2.05, 4.69) is 10.4 Å². The molecule has 0 amide bonds. The van der Waals surface area contributed by atoms with Crippen LogP contribution in [-0.4, -0.2) is 20.7 Å². The van der Waals surface area contributed by atoms with Crippen molar-refractivity contribution < 1.29 is 8.78 Å². The first-order chi connectivity index (χ1) is 10.1. The van der Waals surface area contributed by atoms with Crippen molar-refractivity contribution in [2.75, 3.05) is 11.9 Å². The summed E-state index contributed by atoms with van der Waals surface area (Å²) in [6, 6.07) is 8.45.